The molecule has 2 rings (SSSR count). The van der Waals surface area contributed by atoms with Crippen molar-refractivity contribution >= 4 is 33.2 Å². The molecule has 3 nitrogen and oxygen atoms in total. The van der Waals surface area contributed by atoms with Gasteiger partial charge in [-0.2, -0.15) is 5.26 Å². The number of amides is 1. The second-order valence-corrected chi connectivity index (χ2v) is 6.46. The smallest absolute Gasteiger partial charge is 0.255 e. The SMILES string of the molecule is N#CCN(C(=O)c1csc(Br)c1)C1CCCC1. The lowest BCUT2D eigenvalue weighted by atomic mass is 10.2. The van der Waals surface area contributed by atoms with Crippen LogP contribution in [0.15, 0.2) is 15.2 Å². The molecule has 5 heteroatoms. The van der Waals surface area contributed by atoms with Gasteiger partial charge in [0.05, 0.1) is 15.4 Å². The van der Waals surface area contributed by atoms with Crippen LogP contribution in [0.1, 0.15) is 36.0 Å². The van der Waals surface area contributed by atoms with Gasteiger partial charge in [0.2, 0.25) is 0 Å². The molecule has 0 bridgehead atoms. The molecule has 1 aliphatic carbocycles. The maximum Gasteiger partial charge on any atom is 0.255 e. The molecular weight excluding hydrogens is 300 g/mol. The first-order valence-corrected chi connectivity index (χ1v) is 7.31. The number of hydrogen-bond acceptors (Lipinski definition) is 3. The molecular formula is C12H13BrN2OS. The van der Waals surface area contributed by atoms with Crippen molar-refractivity contribution < 1.29 is 4.79 Å². The van der Waals surface area contributed by atoms with Crippen molar-refractivity contribution in [2.75, 3.05) is 6.54 Å². The predicted molar refractivity (Wildman–Crippen MR) is 70.9 cm³/mol. The summed E-state index contributed by atoms with van der Waals surface area (Å²) in [6, 6.07) is 4.18. The zero-order valence-electron chi connectivity index (χ0n) is 9.36. The molecule has 1 aromatic rings. The highest BCUT2D eigenvalue weighted by Crippen LogP contribution is 2.27. The minimum atomic E-state index is -0.0135. The number of nitrogens with zero attached hydrogens (tertiary/aromatic N) is 2. The molecule has 1 aromatic heterocycles. The van der Waals surface area contributed by atoms with Crippen LogP contribution in [0.25, 0.3) is 0 Å². The van der Waals surface area contributed by atoms with Gasteiger partial charge in [0.1, 0.15) is 6.54 Å². The van der Waals surface area contributed by atoms with Gasteiger partial charge in [-0.05, 0) is 34.8 Å². The third kappa shape index (κ3) is 2.88. The number of carbonyl (C=O) groups excluding carboxylic acids is 1. The van der Waals surface area contributed by atoms with Gasteiger partial charge in [-0.1, -0.05) is 12.8 Å². The lowest BCUT2D eigenvalue weighted by molar-refractivity contribution is 0.0710. The summed E-state index contributed by atoms with van der Waals surface area (Å²) in [5, 5.41) is 10.7. The van der Waals surface area contributed by atoms with E-state index in [0.717, 1.165) is 29.5 Å². The maximum atomic E-state index is 12.3. The first-order valence-electron chi connectivity index (χ1n) is 5.64. The average molecular weight is 313 g/mol. The topological polar surface area (TPSA) is 44.1 Å². The Bertz CT molecular complexity index is 446. The largest absolute Gasteiger partial charge is 0.322 e. The van der Waals surface area contributed by atoms with Gasteiger partial charge in [0.15, 0.2) is 0 Å². The van der Waals surface area contributed by atoms with Crippen molar-refractivity contribution in [1.82, 2.24) is 4.90 Å². The molecule has 0 N–H and O–H groups in total. The molecule has 1 heterocycles. The van der Waals surface area contributed by atoms with Crippen LogP contribution in [0.3, 0.4) is 0 Å². The van der Waals surface area contributed by atoms with E-state index in [0.29, 0.717) is 5.56 Å². The quantitative estimate of drug-likeness (QED) is 0.803. The number of hydrogen-bond donors (Lipinski definition) is 0. The molecule has 0 spiro atoms. The van der Waals surface area contributed by atoms with Gasteiger partial charge in [-0.15, -0.1) is 11.3 Å². The molecule has 1 saturated carbocycles. The molecule has 1 aliphatic rings. The summed E-state index contributed by atoms with van der Waals surface area (Å²) in [4.78, 5) is 14.0. The minimum absolute atomic E-state index is 0.0135. The maximum absolute atomic E-state index is 12.3. The number of thiophene rings is 1. The molecule has 90 valence electrons. The Hall–Kier alpha value is -0.860. The first kappa shape index (κ1) is 12.6. The highest BCUT2D eigenvalue weighted by atomic mass is 79.9. The van der Waals surface area contributed by atoms with Crippen molar-refractivity contribution in [1.29, 1.82) is 5.26 Å². The van der Waals surface area contributed by atoms with E-state index in [1.165, 1.54) is 11.3 Å². The van der Waals surface area contributed by atoms with E-state index in [1.807, 2.05) is 11.4 Å². The molecule has 17 heavy (non-hydrogen) atoms. The second kappa shape index (κ2) is 5.65. The van der Waals surface area contributed by atoms with Crippen LogP contribution in [0.4, 0.5) is 0 Å². The van der Waals surface area contributed by atoms with E-state index in [2.05, 4.69) is 22.0 Å². The fraction of sp³-hybridized carbons (Fsp3) is 0.500. The van der Waals surface area contributed by atoms with Gasteiger partial charge in [-0.3, -0.25) is 4.79 Å². The fourth-order valence-electron chi connectivity index (χ4n) is 2.25. The zero-order valence-corrected chi connectivity index (χ0v) is 11.8. The van der Waals surface area contributed by atoms with Crippen molar-refractivity contribution in [3.8, 4) is 6.07 Å². The van der Waals surface area contributed by atoms with Crippen LogP contribution in [-0.2, 0) is 0 Å². The summed E-state index contributed by atoms with van der Waals surface area (Å²) >= 11 is 4.85. The van der Waals surface area contributed by atoms with E-state index in [4.69, 9.17) is 5.26 Å². The van der Waals surface area contributed by atoms with Gasteiger partial charge in [0, 0.05) is 11.4 Å². The zero-order chi connectivity index (χ0) is 12.3. The molecule has 0 atom stereocenters. The number of rotatable bonds is 3. The predicted octanol–water partition coefficient (Wildman–Crippen LogP) is 3.42. The van der Waals surface area contributed by atoms with Crippen LogP contribution in [0.2, 0.25) is 0 Å². The van der Waals surface area contributed by atoms with E-state index in [-0.39, 0.29) is 18.5 Å². The Morgan fingerprint density at radius 3 is 2.82 bits per heavy atom. The normalized spacial score (nSPS) is 15.8. The summed E-state index contributed by atoms with van der Waals surface area (Å²) in [6.45, 7) is 0.191. The summed E-state index contributed by atoms with van der Waals surface area (Å²) in [5.74, 6) is -0.0135. The molecule has 0 unspecified atom stereocenters. The average Bonchev–Trinajstić information content (AvgIpc) is 2.95. The lowest BCUT2D eigenvalue weighted by Crippen LogP contribution is -2.38. The molecule has 0 saturated heterocycles. The highest BCUT2D eigenvalue weighted by molar-refractivity contribution is 9.11. The van der Waals surface area contributed by atoms with Crippen molar-refractivity contribution in [3.63, 3.8) is 0 Å². The lowest BCUT2D eigenvalue weighted by Gasteiger charge is -2.26. The molecule has 0 aromatic carbocycles. The summed E-state index contributed by atoms with van der Waals surface area (Å²) in [5.41, 5.74) is 0.684. The second-order valence-electron chi connectivity index (χ2n) is 4.17. The standard InChI is InChI=1S/C12H13BrN2OS/c13-11-7-9(8-17-11)12(16)15(6-5-14)10-3-1-2-4-10/h7-8,10H,1-4,6H2. The molecule has 1 fully saturated rings. The number of halogens is 1. The van der Waals surface area contributed by atoms with Gasteiger partial charge in [0.25, 0.3) is 5.91 Å². The van der Waals surface area contributed by atoms with Gasteiger partial charge >= 0.3 is 0 Å². The Morgan fingerprint density at radius 1 is 1.59 bits per heavy atom. The molecule has 0 radical (unpaired) electrons. The van der Waals surface area contributed by atoms with Crippen molar-refractivity contribution in [3.05, 3.63) is 20.8 Å². The van der Waals surface area contributed by atoms with E-state index >= 15 is 0 Å². The van der Waals surface area contributed by atoms with Crippen LogP contribution in [0, 0.1) is 11.3 Å². The van der Waals surface area contributed by atoms with Crippen LogP contribution in [0.5, 0.6) is 0 Å². The minimum Gasteiger partial charge on any atom is -0.322 e. The van der Waals surface area contributed by atoms with Crippen molar-refractivity contribution in [2.24, 2.45) is 0 Å². The monoisotopic (exact) mass is 312 g/mol. The highest BCUT2D eigenvalue weighted by Gasteiger charge is 2.27. The molecule has 1 amide bonds. The van der Waals surface area contributed by atoms with Gasteiger partial charge in [-0.25, -0.2) is 0 Å². The Labute approximate surface area is 113 Å². The van der Waals surface area contributed by atoms with Crippen LogP contribution in [-0.4, -0.2) is 23.4 Å². The number of nitriles is 1. The summed E-state index contributed by atoms with van der Waals surface area (Å²) in [6.07, 6.45) is 4.37. The van der Waals surface area contributed by atoms with Gasteiger partial charge < -0.3 is 4.90 Å². The Balaban J connectivity index is 2.15. The van der Waals surface area contributed by atoms with E-state index in [9.17, 15) is 4.79 Å². The van der Waals surface area contributed by atoms with Crippen LogP contribution < -0.4 is 0 Å². The van der Waals surface area contributed by atoms with Crippen LogP contribution >= 0.6 is 27.3 Å². The summed E-state index contributed by atoms with van der Waals surface area (Å²) in [7, 11) is 0. The molecule has 0 aliphatic heterocycles. The Kier molecular flexibility index (Phi) is 4.19. The Morgan fingerprint density at radius 2 is 2.29 bits per heavy atom. The fourth-order valence-corrected chi connectivity index (χ4v) is 3.38. The van der Waals surface area contributed by atoms with E-state index in [1.54, 1.807) is 4.90 Å². The first-order chi connectivity index (χ1) is 8.22. The van der Waals surface area contributed by atoms with E-state index < -0.39 is 0 Å². The summed E-state index contributed by atoms with van der Waals surface area (Å²) < 4.78 is 0.948. The third-order valence-electron chi connectivity index (χ3n) is 3.08. The number of carbonyl (C=O) groups is 1. The third-order valence-corrected chi connectivity index (χ3v) is 4.59. The van der Waals surface area contributed by atoms with Crippen molar-refractivity contribution in [2.45, 2.75) is 31.7 Å².